The number of aromatic nitrogens is 1. The number of rotatable bonds is 6. The summed E-state index contributed by atoms with van der Waals surface area (Å²) in [6, 6.07) is 10.8. The molecule has 1 saturated carbocycles. The fraction of sp³-hybridized carbons (Fsp3) is 0.400. The van der Waals surface area contributed by atoms with Gasteiger partial charge in [-0.3, -0.25) is 0 Å². The van der Waals surface area contributed by atoms with Crippen LogP contribution in [0.2, 0.25) is 0 Å². The second kappa shape index (κ2) is 9.12. The smallest absolute Gasteiger partial charge is 0.319 e. The molecule has 1 aromatic carbocycles. The van der Waals surface area contributed by atoms with Gasteiger partial charge in [0.2, 0.25) is 5.88 Å². The first kappa shape index (κ1) is 18.8. The predicted octanol–water partition coefficient (Wildman–Crippen LogP) is 3.61. The van der Waals surface area contributed by atoms with Crippen molar-refractivity contribution in [1.82, 2.24) is 10.3 Å². The average molecular weight is 371 g/mol. The van der Waals surface area contributed by atoms with E-state index >= 15 is 0 Å². The van der Waals surface area contributed by atoms with E-state index in [1.165, 1.54) is 0 Å². The molecule has 3 rings (SSSR count). The Balaban J connectivity index is 1.45. The SMILES string of the molecule is COc1ccc(NC(=O)NC2CCC(Oc3ccccn3)CC2)cc1OC. The summed E-state index contributed by atoms with van der Waals surface area (Å²) in [5.41, 5.74) is 0.650. The van der Waals surface area contributed by atoms with Gasteiger partial charge in [-0.05, 0) is 43.9 Å². The number of nitrogens with one attached hydrogen (secondary N) is 2. The molecule has 0 spiro atoms. The van der Waals surface area contributed by atoms with Gasteiger partial charge in [-0.1, -0.05) is 6.07 Å². The Bertz CT molecular complexity index is 746. The third-order valence-electron chi connectivity index (χ3n) is 4.58. The summed E-state index contributed by atoms with van der Waals surface area (Å²) in [7, 11) is 3.14. The third-order valence-corrected chi connectivity index (χ3v) is 4.58. The molecule has 7 heteroatoms. The first-order chi connectivity index (χ1) is 13.2. The number of anilines is 1. The van der Waals surface area contributed by atoms with E-state index in [1.54, 1.807) is 38.6 Å². The van der Waals surface area contributed by atoms with Gasteiger partial charge in [0.05, 0.1) is 14.2 Å². The van der Waals surface area contributed by atoms with Gasteiger partial charge in [0.15, 0.2) is 11.5 Å². The normalized spacial score (nSPS) is 19.0. The highest BCUT2D eigenvalue weighted by Crippen LogP contribution is 2.29. The highest BCUT2D eigenvalue weighted by molar-refractivity contribution is 5.89. The molecule has 1 aromatic heterocycles. The number of amides is 2. The van der Waals surface area contributed by atoms with Gasteiger partial charge in [0, 0.05) is 30.1 Å². The Morgan fingerprint density at radius 2 is 1.81 bits per heavy atom. The van der Waals surface area contributed by atoms with E-state index in [0.717, 1.165) is 25.7 Å². The number of methoxy groups -OCH3 is 2. The van der Waals surface area contributed by atoms with Crippen molar-refractivity contribution in [1.29, 1.82) is 0 Å². The molecule has 0 atom stereocenters. The Morgan fingerprint density at radius 3 is 2.48 bits per heavy atom. The van der Waals surface area contributed by atoms with Crippen molar-refractivity contribution in [3.63, 3.8) is 0 Å². The molecule has 0 unspecified atom stereocenters. The van der Waals surface area contributed by atoms with Gasteiger partial charge in [0.25, 0.3) is 0 Å². The summed E-state index contributed by atoms with van der Waals surface area (Å²) >= 11 is 0. The van der Waals surface area contributed by atoms with Crippen molar-refractivity contribution in [2.24, 2.45) is 0 Å². The van der Waals surface area contributed by atoms with E-state index in [4.69, 9.17) is 14.2 Å². The van der Waals surface area contributed by atoms with Crippen molar-refractivity contribution >= 4 is 11.7 Å². The number of nitrogens with zero attached hydrogens (tertiary/aromatic N) is 1. The van der Waals surface area contributed by atoms with Crippen molar-refractivity contribution in [2.75, 3.05) is 19.5 Å². The maximum Gasteiger partial charge on any atom is 0.319 e. The van der Waals surface area contributed by atoms with Gasteiger partial charge in [-0.2, -0.15) is 0 Å². The molecule has 2 amide bonds. The number of carbonyl (C=O) groups excluding carboxylic acids is 1. The van der Waals surface area contributed by atoms with Crippen molar-refractivity contribution in [2.45, 2.75) is 37.8 Å². The minimum atomic E-state index is -0.226. The number of carbonyl (C=O) groups is 1. The summed E-state index contributed by atoms with van der Waals surface area (Å²) in [5.74, 6) is 1.84. The second-order valence-electron chi connectivity index (χ2n) is 6.43. The van der Waals surface area contributed by atoms with Crippen LogP contribution in [0.1, 0.15) is 25.7 Å². The zero-order valence-electron chi connectivity index (χ0n) is 15.6. The van der Waals surface area contributed by atoms with Crippen LogP contribution in [0.25, 0.3) is 0 Å². The van der Waals surface area contributed by atoms with E-state index in [2.05, 4.69) is 15.6 Å². The number of benzene rings is 1. The highest BCUT2D eigenvalue weighted by Gasteiger charge is 2.24. The Hall–Kier alpha value is -2.96. The standard InChI is InChI=1S/C20H25N3O4/c1-25-17-11-8-15(13-18(17)26-2)23-20(24)22-14-6-9-16(10-7-14)27-19-5-3-4-12-21-19/h3-5,8,11-14,16H,6-7,9-10H2,1-2H3,(H2,22,23,24). The number of hydrogen-bond acceptors (Lipinski definition) is 5. The first-order valence-corrected chi connectivity index (χ1v) is 9.05. The van der Waals surface area contributed by atoms with Gasteiger partial charge in [-0.25, -0.2) is 9.78 Å². The number of hydrogen-bond donors (Lipinski definition) is 2. The van der Waals surface area contributed by atoms with Crippen molar-refractivity contribution < 1.29 is 19.0 Å². The van der Waals surface area contributed by atoms with Crippen LogP contribution in [0.3, 0.4) is 0 Å². The molecular formula is C20H25N3O4. The predicted molar refractivity (Wildman–Crippen MR) is 103 cm³/mol. The third kappa shape index (κ3) is 5.26. The molecule has 1 fully saturated rings. The summed E-state index contributed by atoms with van der Waals surface area (Å²) in [4.78, 5) is 16.5. The molecule has 0 radical (unpaired) electrons. The largest absolute Gasteiger partial charge is 0.493 e. The topological polar surface area (TPSA) is 81.7 Å². The molecule has 2 aromatic rings. The fourth-order valence-electron chi connectivity index (χ4n) is 3.18. The van der Waals surface area contributed by atoms with Gasteiger partial charge in [0.1, 0.15) is 6.10 Å². The maximum absolute atomic E-state index is 12.3. The number of ether oxygens (including phenoxy) is 3. The summed E-state index contributed by atoms with van der Waals surface area (Å²) in [5, 5.41) is 5.86. The molecule has 144 valence electrons. The van der Waals surface area contributed by atoms with Gasteiger partial charge in [-0.15, -0.1) is 0 Å². The van der Waals surface area contributed by atoms with Gasteiger partial charge >= 0.3 is 6.03 Å². The molecule has 1 aliphatic rings. The Labute approximate surface area is 159 Å². The molecule has 0 aliphatic heterocycles. The minimum Gasteiger partial charge on any atom is -0.493 e. The average Bonchev–Trinajstić information content (AvgIpc) is 2.70. The van der Waals surface area contributed by atoms with Crippen LogP contribution in [0, 0.1) is 0 Å². The van der Waals surface area contributed by atoms with E-state index < -0.39 is 0 Å². The lowest BCUT2D eigenvalue weighted by molar-refractivity contribution is 0.135. The molecule has 0 saturated heterocycles. The second-order valence-corrected chi connectivity index (χ2v) is 6.43. The van der Waals surface area contributed by atoms with Crippen LogP contribution < -0.4 is 24.8 Å². The molecule has 7 nitrogen and oxygen atoms in total. The molecule has 0 bridgehead atoms. The summed E-state index contributed by atoms with van der Waals surface area (Å²) < 4.78 is 16.3. The number of urea groups is 1. The molecule has 27 heavy (non-hydrogen) atoms. The lowest BCUT2D eigenvalue weighted by Gasteiger charge is -2.29. The van der Waals surface area contributed by atoms with E-state index in [-0.39, 0.29) is 18.2 Å². The van der Waals surface area contributed by atoms with Crippen LogP contribution in [0.5, 0.6) is 17.4 Å². The van der Waals surface area contributed by atoms with Crippen LogP contribution in [0.4, 0.5) is 10.5 Å². The summed E-state index contributed by atoms with van der Waals surface area (Å²) in [6.45, 7) is 0. The van der Waals surface area contributed by atoms with Crippen molar-refractivity contribution in [3.8, 4) is 17.4 Å². The zero-order chi connectivity index (χ0) is 19.1. The quantitative estimate of drug-likeness (QED) is 0.811. The van der Waals surface area contributed by atoms with E-state index in [0.29, 0.717) is 23.1 Å². The van der Waals surface area contributed by atoms with Crippen LogP contribution in [-0.2, 0) is 0 Å². The van der Waals surface area contributed by atoms with Crippen LogP contribution in [0.15, 0.2) is 42.6 Å². The maximum atomic E-state index is 12.3. The molecule has 2 N–H and O–H groups in total. The van der Waals surface area contributed by atoms with Crippen LogP contribution in [-0.4, -0.2) is 37.4 Å². The first-order valence-electron chi connectivity index (χ1n) is 9.05. The number of pyridine rings is 1. The highest BCUT2D eigenvalue weighted by atomic mass is 16.5. The lowest BCUT2D eigenvalue weighted by atomic mass is 9.93. The Morgan fingerprint density at radius 1 is 1.04 bits per heavy atom. The van der Waals surface area contributed by atoms with E-state index in [1.807, 2.05) is 18.2 Å². The minimum absolute atomic E-state index is 0.133. The van der Waals surface area contributed by atoms with E-state index in [9.17, 15) is 4.79 Å². The van der Waals surface area contributed by atoms with Gasteiger partial charge < -0.3 is 24.8 Å². The summed E-state index contributed by atoms with van der Waals surface area (Å²) in [6.07, 6.45) is 5.39. The fourth-order valence-corrected chi connectivity index (χ4v) is 3.18. The molecule has 1 aliphatic carbocycles. The lowest BCUT2D eigenvalue weighted by Crippen LogP contribution is -2.41. The molecular weight excluding hydrogens is 346 g/mol. The molecule has 1 heterocycles. The zero-order valence-corrected chi connectivity index (χ0v) is 15.6. The Kier molecular flexibility index (Phi) is 6.35. The van der Waals surface area contributed by atoms with Crippen LogP contribution >= 0.6 is 0 Å². The monoisotopic (exact) mass is 371 g/mol. The van der Waals surface area contributed by atoms with Crippen molar-refractivity contribution in [3.05, 3.63) is 42.6 Å².